The highest BCUT2D eigenvalue weighted by Crippen LogP contribution is 2.29. The van der Waals surface area contributed by atoms with E-state index in [0.717, 1.165) is 12.1 Å². The molecule has 158 valence electrons. The highest BCUT2D eigenvalue weighted by atomic mass is 32.2. The van der Waals surface area contributed by atoms with Gasteiger partial charge in [0.2, 0.25) is 15.9 Å². The lowest BCUT2D eigenvalue weighted by atomic mass is 10.1. The standard InChI is InChI=1S/C17H24F3N3O4S/c1-12(2)21-16(24)11-23-9-7-13(8-10-23)22-28(25,26)15-6-4-3-5-14(15)27-17(18,19)20/h3-6,12-13,22H,7-11H2,1-2H3,(H,21,24). The molecule has 2 N–H and O–H groups in total. The number of hydrogen-bond donors (Lipinski definition) is 2. The molecule has 1 aliphatic heterocycles. The Labute approximate surface area is 162 Å². The van der Waals surface area contributed by atoms with E-state index in [1.54, 1.807) is 0 Å². The molecule has 0 saturated carbocycles. The van der Waals surface area contributed by atoms with Crippen molar-refractivity contribution in [3.05, 3.63) is 24.3 Å². The molecule has 1 saturated heterocycles. The highest BCUT2D eigenvalue weighted by molar-refractivity contribution is 7.89. The number of likely N-dealkylation sites (tertiary alicyclic amines) is 1. The predicted octanol–water partition coefficient (Wildman–Crippen LogP) is 1.85. The number of halogens is 3. The molecule has 2 rings (SSSR count). The van der Waals surface area contributed by atoms with E-state index in [2.05, 4.69) is 14.8 Å². The number of piperidine rings is 1. The molecule has 7 nitrogen and oxygen atoms in total. The summed E-state index contributed by atoms with van der Waals surface area (Å²) in [5, 5.41) is 2.79. The third kappa shape index (κ3) is 6.95. The van der Waals surface area contributed by atoms with Crippen molar-refractivity contribution in [1.82, 2.24) is 14.9 Å². The minimum absolute atomic E-state index is 0.0378. The fraction of sp³-hybridized carbons (Fsp3) is 0.588. The van der Waals surface area contributed by atoms with Gasteiger partial charge >= 0.3 is 6.36 Å². The molecule has 1 heterocycles. The van der Waals surface area contributed by atoms with Crippen molar-refractivity contribution in [3.63, 3.8) is 0 Å². The quantitative estimate of drug-likeness (QED) is 0.699. The average Bonchev–Trinajstić information content (AvgIpc) is 2.54. The van der Waals surface area contributed by atoms with Gasteiger partial charge in [0.1, 0.15) is 10.6 Å². The van der Waals surface area contributed by atoms with E-state index in [9.17, 15) is 26.4 Å². The molecule has 1 aliphatic rings. The van der Waals surface area contributed by atoms with Crippen LogP contribution in [-0.4, -0.2) is 57.3 Å². The van der Waals surface area contributed by atoms with Crippen molar-refractivity contribution in [1.29, 1.82) is 0 Å². The summed E-state index contributed by atoms with van der Waals surface area (Å²) in [6, 6.07) is 4.21. The molecule has 1 aromatic carbocycles. The zero-order chi connectivity index (χ0) is 20.9. The summed E-state index contributed by atoms with van der Waals surface area (Å²) in [5.41, 5.74) is 0. The maximum atomic E-state index is 12.6. The van der Waals surface area contributed by atoms with Crippen molar-refractivity contribution in [2.75, 3.05) is 19.6 Å². The van der Waals surface area contributed by atoms with Crippen LogP contribution in [0.1, 0.15) is 26.7 Å². The fourth-order valence-electron chi connectivity index (χ4n) is 2.94. The van der Waals surface area contributed by atoms with Crippen LogP contribution in [0.2, 0.25) is 0 Å². The number of hydrogen-bond acceptors (Lipinski definition) is 5. The van der Waals surface area contributed by atoms with Crippen LogP contribution in [-0.2, 0) is 14.8 Å². The second-order valence-electron chi connectivity index (χ2n) is 6.89. The van der Waals surface area contributed by atoms with E-state index in [0.29, 0.717) is 25.9 Å². The lowest BCUT2D eigenvalue weighted by Crippen LogP contribution is -2.48. The second kappa shape index (κ2) is 9.10. The fourth-order valence-corrected chi connectivity index (χ4v) is 4.38. The summed E-state index contributed by atoms with van der Waals surface area (Å²) in [5.74, 6) is -0.877. The number of amides is 1. The van der Waals surface area contributed by atoms with Crippen LogP contribution >= 0.6 is 0 Å². The third-order valence-electron chi connectivity index (χ3n) is 4.09. The van der Waals surface area contributed by atoms with Crippen molar-refractivity contribution >= 4 is 15.9 Å². The molecular formula is C17H24F3N3O4S. The van der Waals surface area contributed by atoms with Crippen LogP contribution in [0.4, 0.5) is 13.2 Å². The first-order valence-electron chi connectivity index (χ1n) is 8.85. The minimum atomic E-state index is -4.99. The van der Waals surface area contributed by atoms with E-state index < -0.39 is 33.1 Å². The van der Waals surface area contributed by atoms with Crippen LogP contribution in [0, 0.1) is 0 Å². The molecule has 28 heavy (non-hydrogen) atoms. The second-order valence-corrected chi connectivity index (χ2v) is 8.57. The number of rotatable bonds is 7. The predicted molar refractivity (Wildman–Crippen MR) is 96.2 cm³/mol. The van der Waals surface area contributed by atoms with E-state index in [4.69, 9.17) is 0 Å². The first-order valence-corrected chi connectivity index (χ1v) is 10.3. The smallest absolute Gasteiger partial charge is 0.404 e. The Morgan fingerprint density at radius 3 is 2.43 bits per heavy atom. The Morgan fingerprint density at radius 1 is 1.25 bits per heavy atom. The number of sulfonamides is 1. The Balaban J connectivity index is 1.97. The molecular weight excluding hydrogens is 399 g/mol. The van der Waals surface area contributed by atoms with E-state index in [1.807, 2.05) is 18.7 Å². The molecule has 0 radical (unpaired) electrons. The molecule has 0 spiro atoms. The van der Waals surface area contributed by atoms with Gasteiger partial charge in [0.25, 0.3) is 0 Å². The van der Waals surface area contributed by atoms with Gasteiger partial charge in [-0.2, -0.15) is 0 Å². The van der Waals surface area contributed by atoms with Crippen LogP contribution in [0.5, 0.6) is 5.75 Å². The first kappa shape index (κ1) is 22.4. The Bertz CT molecular complexity index is 776. The molecule has 0 unspecified atom stereocenters. The van der Waals surface area contributed by atoms with Crippen molar-refractivity contribution < 1.29 is 31.1 Å². The van der Waals surface area contributed by atoms with Crippen molar-refractivity contribution in [2.45, 2.75) is 50.0 Å². The van der Waals surface area contributed by atoms with Crippen LogP contribution in [0.3, 0.4) is 0 Å². The molecule has 0 aromatic heterocycles. The number of nitrogens with zero attached hydrogens (tertiary/aromatic N) is 1. The Hall–Kier alpha value is -1.85. The number of nitrogens with one attached hydrogen (secondary N) is 2. The van der Waals surface area contributed by atoms with Crippen LogP contribution in [0.25, 0.3) is 0 Å². The van der Waals surface area contributed by atoms with Gasteiger partial charge in [-0.3, -0.25) is 9.69 Å². The molecule has 0 bridgehead atoms. The summed E-state index contributed by atoms with van der Waals surface area (Å²) >= 11 is 0. The van der Waals surface area contributed by atoms with Gasteiger partial charge in [-0.1, -0.05) is 12.1 Å². The SMILES string of the molecule is CC(C)NC(=O)CN1CCC(NS(=O)(=O)c2ccccc2OC(F)(F)F)CC1. The molecule has 0 aliphatic carbocycles. The molecule has 1 fully saturated rings. The van der Waals surface area contributed by atoms with Gasteiger partial charge in [-0.15, -0.1) is 13.2 Å². The summed E-state index contributed by atoms with van der Waals surface area (Å²) in [6.45, 7) is 4.94. The molecule has 1 amide bonds. The van der Waals surface area contributed by atoms with Gasteiger partial charge in [0.05, 0.1) is 6.54 Å². The Morgan fingerprint density at radius 2 is 1.86 bits per heavy atom. The van der Waals surface area contributed by atoms with E-state index in [-0.39, 0.29) is 18.5 Å². The lowest BCUT2D eigenvalue weighted by Gasteiger charge is -2.32. The Kier molecular flexibility index (Phi) is 7.29. The number of carbonyl (C=O) groups excluding carboxylic acids is 1. The van der Waals surface area contributed by atoms with E-state index >= 15 is 0 Å². The largest absolute Gasteiger partial charge is 0.573 e. The summed E-state index contributed by atoms with van der Waals surface area (Å²) < 4.78 is 68.9. The molecule has 0 atom stereocenters. The maximum Gasteiger partial charge on any atom is 0.573 e. The number of benzene rings is 1. The topological polar surface area (TPSA) is 87.7 Å². The lowest BCUT2D eigenvalue weighted by molar-refractivity contribution is -0.275. The summed E-state index contributed by atoms with van der Waals surface area (Å²) in [4.78, 5) is 13.1. The molecule has 11 heteroatoms. The number of ether oxygens (including phenoxy) is 1. The summed E-state index contributed by atoms with van der Waals surface area (Å²) in [7, 11) is -4.19. The van der Waals surface area contributed by atoms with Crippen LogP contribution < -0.4 is 14.8 Å². The van der Waals surface area contributed by atoms with Crippen molar-refractivity contribution in [3.8, 4) is 5.75 Å². The van der Waals surface area contributed by atoms with Gasteiger partial charge in [0.15, 0.2) is 0 Å². The van der Waals surface area contributed by atoms with Crippen LogP contribution in [0.15, 0.2) is 29.2 Å². The number of carbonyl (C=O) groups is 1. The van der Waals surface area contributed by atoms with Gasteiger partial charge < -0.3 is 10.1 Å². The highest BCUT2D eigenvalue weighted by Gasteiger charge is 2.34. The van der Waals surface area contributed by atoms with Gasteiger partial charge in [-0.25, -0.2) is 13.1 Å². The average molecular weight is 423 g/mol. The monoisotopic (exact) mass is 423 g/mol. The number of alkyl halides is 3. The molecule has 1 aromatic rings. The zero-order valence-corrected chi connectivity index (χ0v) is 16.4. The maximum absolute atomic E-state index is 12.6. The van der Waals surface area contributed by atoms with Crippen molar-refractivity contribution in [2.24, 2.45) is 0 Å². The normalized spacial score (nSPS) is 16.9. The zero-order valence-electron chi connectivity index (χ0n) is 15.6. The minimum Gasteiger partial charge on any atom is -0.404 e. The van der Waals surface area contributed by atoms with Gasteiger partial charge in [-0.05, 0) is 38.8 Å². The van der Waals surface area contributed by atoms with E-state index in [1.165, 1.54) is 12.1 Å². The first-order chi connectivity index (χ1) is 13.0. The third-order valence-corrected chi connectivity index (χ3v) is 5.65. The van der Waals surface area contributed by atoms with Gasteiger partial charge in [0, 0.05) is 25.2 Å². The summed E-state index contributed by atoms with van der Waals surface area (Å²) in [6.07, 6.45) is -4.11. The number of para-hydroxylation sites is 1.